The molecule has 0 amide bonds. The molecule has 3 atom stereocenters. The molecule has 0 bridgehead atoms. The van der Waals surface area contributed by atoms with E-state index in [0.29, 0.717) is 13.0 Å². The Hall–Kier alpha value is -2.14. The quantitative estimate of drug-likeness (QED) is 0.754. The van der Waals surface area contributed by atoms with Gasteiger partial charge < -0.3 is 4.74 Å². The molecular weight excluding hydrogens is 324 g/mol. The first-order chi connectivity index (χ1) is 11.6. The predicted octanol–water partition coefficient (Wildman–Crippen LogP) is 3.40. The number of esters is 1. The van der Waals surface area contributed by atoms with Crippen molar-refractivity contribution in [3.8, 4) is 0 Å². The molecule has 1 saturated carbocycles. The first-order valence-electron chi connectivity index (χ1n) is 8.06. The molecule has 0 aliphatic heterocycles. The fraction of sp³-hybridized carbons (Fsp3) is 0.316. The Morgan fingerprint density at radius 3 is 2.25 bits per heavy atom. The highest BCUT2D eigenvalue weighted by Gasteiger charge is 2.53. The average Bonchev–Trinajstić information content (AvgIpc) is 3.37. The summed E-state index contributed by atoms with van der Waals surface area (Å²) in [5, 5.41) is -0.726. The molecule has 24 heavy (non-hydrogen) atoms. The van der Waals surface area contributed by atoms with Crippen molar-refractivity contribution in [2.75, 3.05) is 6.61 Å². The van der Waals surface area contributed by atoms with Crippen LogP contribution < -0.4 is 0 Å². The fourth-order valence-electron chi connectivity index (χ4n) is 3.13. The third-order valence-electron chi connectivity index (χ3n) is 4.35. The van der Waals surface area contributed by atoms with Crippen molar-refractivity contribution >= 4 is 15.8 Å². The normalized spacial score (nSPS) is 21.0. The Morgan fingerprint density at radius 1 is 1.08 bits per heavy atom. The van der Waals surface area contributed by atoms with Gasteiger partial charge in [0.15, 0.2) is 9.84 Å². The van der Waals surface area contributed by atoms with Gasteiger partial charge in [0.25, 0.3) is 0 Å². The molecule has 2 aromatic rings. The van der Waals surface area contributed by atoms with Gasteiger partial charge in [0.2, 0.25) is 0 Å². The maximum absolute atomic E-state index is 13.2. The molecule has 4 nitrogen and oxygen atoms in total. The minimum absolute atomic E-state index is 0.239. The van der Waals surface area contributed by atoms with Gasteiger partial charge in [-0.1, -0.05) is 48.5 Å². The lowest BCUT2D eigenvalue weighted by Gasteiger charge is -2.18. The van der Waals surface area contributed by atoms with E-state index in [1.54, 1.807) is 37.3 Å². The summed E-state index contributed by atoms with van der Waals surface area (Å²) in [7, 11) is -3.58. The van der Waals surface area contributed by atoms with Crippen LogP contribution in [0.15, 0.2) is 65.6 Å². The van der Waals surface area contributed by atoms with E-state index in [1.165, 1.54) is 0 Å². The van der Waals surface area contributed by atoms with Crippen molar-refractivity contribution in [3.63, 3.8) is 0 Å². The maximum Gasteiger partial charge on any atom is 0.309 e. The zero-order chi connectivity index (χ0) is 17.2. The summed E-state index contributed by atoms with van der Waals surface area (Å²) in [6.45, 7) is 2.06. The Morgan fingerprint density at radius 2 is 1.67 bits per heavy atom. The molecule has 0 N–H and O–H groups in total. The number of carbonyl (C=O) groups is 1. The first-order valence-corrected chi connectivity index (χ1v) is 9.61. The first kappa shape index (κ1) is 16.7. The highest BCUT2D eigenvalue weighted by Crippen LogP contribution is 2.52. The zero-order valence-electron chi connectivity index (χ0n) is 13.5. The van der Waals surface area contributed by atoms with Gasteiger partial charge in [0.05, 0.1) is 22.7 Å². The van der Waals surface area contributed by atoms with Crippen LogP contribution in [0, 0.1) is 11.8 Å². The summed E-state index contributed by atoms with van der Waals surface area (Å²) in [6.07, 6.45) is 0.546. The van der Waals surface area contributed by atoms with Gasteiger partial charge in [-0.2, -0.15) is 0 Å². The van der Waals surface area contributed by atoms with Crippen LogP contribution in [-0.4, -0.2) is 21.0 Å². The highest BCUT2D eigenvalue weighted by atomic mass is 32.2. The highest BCUT2D eigenvalue weighted by molar-refractivity contribution is 7.91. The molecule has 0 heterocycles. The predicted molar refractivity (Wildman–Crippen MR) is 91.0 cm³/mol. The molecule has 1 aliphatic rings. The SMILES string of the molecule is CCOC(=O)C1CC1C(c1ccccc1)S(=O)(=O)c1ccccc1. The van der Waals surface area contributed by atoms with Crippen molar-refractivity contribution < 1.29 is 17.9 Å². The third-order valence-corrected chi connectivity index (χ3v) is 6.57. The van der Waals surface area contributed by atoms with Crippen LogP contribution in [-0.2, 0) is 19.4 Å². The minimum Gasteiger partial charge on any atom is -0.466 e. The van der Waals surface area contributed by atoms with Gasteiger partial charge in [0, 0.05) is 0 Å². The maximum atomic E-state index is 13.2. The number of hydrogen-bond acceptors (Lipinski definition) is 4. The second-order valence-corrected chi connectivity index (χ2v) is 8.02. The third kappa shape index (κ3) is 3.22. The van der Waals surface area contributed by atoms with Crippen LogP contribution in [0.4, 0.5) is 0 Å². The standard InChI is InChI=1S/C19H20O4S/c1-2-23-19(20)17-13-16(17)18(14-9-5-3-6-10-14)24(21,22)15-11-7-4-8-12-15/h3-12,16-18H,2,13H2,1H3. The Kier molecular flexibility index (Phi) is 4.71. The van der Waals surface area contributed by atoms with Crippen LogP contribution in [0.3, 0.4) is 0 Å². The molecular formula is C19H20O4S. The molecule has 0 aromatic heterocycles. The average molecular weight is 344 g/mol. The molecule has 3 rings (SSSR count). The van der Waals surface area contributed by atoms with Crippen LogP contribution >= 0.6 is 0 Å². The second kappa shape index (κ2) is 6.77. The van der Waals surface area contributed by atoms with Crippen LogP contribution in [0.25, 0.3) is 0 Å². The molecule has 0 spiro atoms. The summed E-state index contributed by atoms with van der Waals surface area (Å²) in [5.74, 6) is -0.878. The Labute approximate surface area is 142 Å². The minimum atomic E-state index is -3.58. The van der Waals surface area contributed by atoms with E-state index in [1.807, 2.05) is 30.3 Å². The smallest absolute Gasteiger partial charge is 0.309 e. The molecule has 1 aliphatic carbocycles. The van der Waals surface area contributed by atoms with E-state index in [0.717, 1.165) is 5.56 Å². The molecule has 0 saturated heterocycles. The Bertz CT molecular complexity index is 800. The van der Waals surface area contributed by atoms with E-state index in [9.17, 15) is 13.2 Å². The van der Waals surface area contributed by atoms with Crippen LogP contribution in [0.5, 0.6) is 0 Å². The molecule has 5 heteroatoms. The monoisotopic (exact) mass is 344 g/mol. The summed E-state index contributed by atoms with van der Waals surface area (Å²) in [5.41, 5.74) is 0.721. The summed E-state index contributed by atoms with van der Waals surface area (Å²) in [6, 6.07) is 17.5. The number of rotatable bonds is 6. The van der Waals surface area contributed by atoms with E-state index in [2.05, 4.69) is 0 Å². The largest absolute Gasteiger partial charge is 0.466 e. The number of carbonyl (C=O) groups excluding carboxylic acids is 1. The van der Waals surface area contributed by atoms with E-state index in [-0.39, 0.29) is 22.7 Å². The summed E-state index contributed by atoms with van der Waals surface area (Å²) >= 11 is 0. The van der Waals surface area contributed by atoms with Gasteiger partial charge >= 0.3 is 5.97 Å². The lowest BCUT2D eigenvalue weighted by atomic mass is 10.1. The Balaban J connectivity index is 1.98. The lowest BCUT2D eigenvalue weighted by molar-refractivity contribution is -0.145. The molecule has 126 valence electrons. The zero-order valence-corrected chi connectivity index (χ0v) is 14.3. The van der Waals surface area contributed by atoms with Crippen molar-refractivity contribution in [3.05, 3.63) is 66.2 Å². The van der Waals surface area contributed by atoms with Crippen LogP contribution in [0.2, 0.25) is 0 Å². The van der Waals surface area contributed by atoms with Gasteiger partial charge in [-0.05, 0) is 37.0 Å². The van der Waals surface area contributed by atoms with Gasteiger partial charge in [-0.15, -0.1) is 0 Å². The van der Waals surface area contributed by atoms with Gasteiger partial charge in [0.1, 0.15) is 0 Å². The molecule has 3 unspecified atom stereocenters. The number of ether oxygens (including phenoxy) is 1. The van der Waals surface area contributed by atoms with E-state index in [4.69, 9.17) is 4.74 Å². The number of sulfone groups is 1. The fourth-order valence-corrected chi connectivity index (χ4v) is 5.23. The van der Waals surface area contributed by atoms with Crippen molar-refractivity contribution in [2.24, 2.45) is 11.8 Å². The van der Waals surface area contributed by atoms with Gasteiger partial charge in [-0.25, -0.2) is 8.42 Å². The van der Waals surface area contributed by atoms with E-state index >= 15 is 0 Å². The lowest BCUT2D eigenvalue weighted by Crippen LogP contribution is -2.19. The van der Waals surface area contributed by atoms with Crippen molar-refractivity contribution in [1.82, 2.24) is 0 Å². The second-order valence-electron chi connectivity index (χ2n) is 5.95. The molecule has 2 aromatic carbocycles. The van der Waals surface area contributed by atoms with Crippen molar-refractivity contribution in [1.29, 1.82) is 0 Å². The van der Waals surface area contributed by atoms with Gasteiger partial charge in [-0.3, -0.25) is 4.79 Å². The number of hydrogen-bond donors (Lipinski definition) is 0. The van der Waals surface area contributed by atoms with Crippen molar-refractivity contribution in [2.45, 2.75) is 23.5 Å². The summed E-state index contributed by atoms with van der Waals surface area (Å²) < 4.78 is 31.4. The molecule has 1 fully saturated rings. The topological polar surface area (TPSA) is 60.4 Å². The van der Waals surface area contributed by atoms with Crippen LogP contribution in [0.1, 0.15) is 24.2 Å². The summed E-state index contributed by atoms with van der Waals surface area (Å²) in [4.78, 5) is 12.3. The van der Waals surface area contributed by atoms with E-state index < -0.39 is 15.1 Å². The molecule has 0 radical (unpaired) electrons. The number of benzene rings is 2.